The van der Waals surface area contributed by atoms with Gasteiger partial charge >= 0.3 is 5.97 Å². The monoisotopic (exact) mass is 376 g/mol. The van der Waals surface area contributed by atoms with E-state index in [4.69, 9.17) is 14.6 Å². The highest BCUT2D eigenvalue weighted by molar-refractivity contribution is 5.84. The molecular formula is C24H24O4. The van der Waals surface area contributed by atoms with Crippen LogP contribution in [0.1, 0.15) is 18.1 Å². The zero-order valence-corrected chi connectivity index (χ0v) is 15.9. The van der Waals surface area contributed by atoms with Crippen LogP contribution in [0.25, 0.3) is 16.8 Å². The van der Waals surface area contributed by atoms with E-state index in [1.54, 1.807) is 6.92 Å². The number of carboxylic acids is 1. The lowest BCUT2D eigenvalue weighted by Gasteiger charge is -2.12. The van der Waals surface area contributed by atoms with Crippen LogP contribution in [0, 0.1) is 0 Å². The molecule has 0 amide bonds. The third kappa shape index (κ3) is 5.44. The zero-order valence-electron chi connectivity index (χ0n) is 15.9. The molecule has 0 aromatic heterocycles. The summed E-state index contributed by atoms with van der Waals surface area (Å²) in [4.78, 5) is 11.2. The average molecular weight is 376 g/mol. The number of ether oxygens (including phenoxy) is 2. The molecule has 4 nitrogen and oxygen atoms in total. The van der Waals surface area contributed by atoms with Gasteiger partial charge in [0.15, 0.2) is 6.10 Å². The zero-order chi connectivity index (χ0) is 19.8. The summed E-state index contributed by atoms with van der Waals surface area (Å²) in [6.07, 6.45) is 3.54. The Bertz CT molecular complexity index is 944. The quantitative estimate of drug-likeness (QED) is 0.573. The molecule has 0 saturated carbocycles. The van der Waals surface area contributed by atoms with E-state index in [0.29, 0.717) is 19.6 Å². The van der Waals surface area contributed by atoms with E-state index in [1.807, 2.05) is 48.6 Å². The Labute approximate surface area is 165 Å². The first-order chi connectivity index (χ1) is 13.7. The molecule has 4 heteroatoms. The maximum atomic E-state index is 11.2. The van der Waals surface area contributed by atoms with Crippen LogP contribution in [0.15, 0.2) is 72.8 Å². The van der Waals surface area contributed by atoms with Gasteiger partial charge in [-0.05, 0) is 53.1 Å². The smallest absolute Gasteiger partial charge is 0.333 e. The molecule has 0 aliphatic heterocycles. The maximum absolute atomic E-state index is 11.2. The first-order valence-electron chi connectivity index (χ1n) is 9.37. The second kappa shape index (κ2) is 9.72. The molecule has 1 N–H and O–H groups in total. The second-order valence-corrected chi connectivity index (χ2v) is 6.45. The number of benzene rings is 3. The van der Waals surface area contributed by atoms with E-state index in [2.05, 4.69) is 30.3 Å². The van der Waals surface area contributed by atoms with Gasteiger partial charge in [0.05, 0.1) is 0 Å². The highest BCUT2D eigenvalue weighted by Crippen LogP contribution is 2.17. The van der Waals surface area contributed by atoms with Gasteiger partial charge in [0, 0.05) is 13.0 Å². The fraction of sp³-hybridized carbons (Fsp3) is 0.208. The van der Waals surface area contributed by atoms with Gasteiger partial charge in [0.1, 0.15) is 12.4 Å². The summed E-state index contributed by atoms with van der Waals surface area (Å²) in [5.74, 6) is -0.198. The van der Waals surface area contributed by atoms with Crippen molar-refractivity contribution in [1.82, 2.24) is 0 Å². The molecule has 0 saturated heterocycles. The van der Waals surface area contributed by atoms with Gasteiger partial charge in [-0.3, -0.25) is 0 Å². The van der Waals surface area contributed by atoms with Gasteiger partial charge in [0.25, 0.3) is 0 Å². The summed E-state index contributed by atoms with van der Waals surface area (Å²) in [6.45, 7) is 2.63. The van der Waals surface area contributed by atoms with Gasteiger partial charge in [-0.2, -0.15) is 0 Å². The highest BCUT2D eigenvalue weighted by Gasteiger charge is 2.17. The molecule has 3 rings (SSSR count). The Kier molecular flexibility index (Phi) is 6.82. The van der Waals surface area contributed by atoms with Crippen LogP contribution in [-0.4, -0.2) is 30.4 Å². The maximum Gasteiger partial charge on any atom is 0.333 e. The molecule has 144 valence electrons. The summed E-state index contributed by atoms with van der Waals surface area (Å²) in [5, 5.41) is 11.6. The number of aliphatic carboxylic acids is 1. The van der Waals surface area contributed by atoms with Gasteiger partial charge in [-0.25, -0.2) is 4.79 Å². The minimum absolute atomic E-state index is 0.339. The predicted molar refractivity (Wildman–Crippen MR) is 112 cm³/mol. The van der Waals surface area contributed by atoms with Crippen molar-refractivity contribution in [2.75, 3.05) is 13.2 Å². The fourth-order valence-electron chi connectivity index (χ4n) is 2.99. The van der Waals surface area contributed by atoms with Gasteiger partial charge in [-0.15, -0.1) is 0 Å². The molecule has 0 spiro atoms. The Hall–Kier alpha value is -3.11. The summed E-state index contributed by atoms with van der Waals surface area (Å²) in [7, 11) is 0. The molecular weight excluding hydrogens is 352 g/mol. The predicted octanol–water partition coefficient (Wildman–Crippen LogP) is 4.96. The fourth-order valence-corrected chi connectivity index (χ4v) is 2.99. The van der Waals surface area contributed by atoms with Crippen molar-refractivity contribution in [2.24, 2.45) is 0 Å². The van der Waals surface area contributed by atoms with Crippen molar-refractivity contribution in [1.29, 1.82) is 0 Å². The molecule has 0 aliphatic carbocycles. The molecule has 0 fully saturated rings. The third-order valence-electron chi connectivity index (χ3n) is 4.42. The van der Waals surface area contributed by atoms with Crippen molar-refractivity contribution in [3.8, 4) is 5.75 Å². The van der Waals surface area contributed by atoms with E-state index in [1.165, 1.54) is 10.8 Å². The summed E-state index contributed by atoms with van der Waals surface area (Å²) < 4.78 is 11.0. The van der Waals surface area contributed by atoms with Crippen molar-refractivity contribution in [3.05, 3.63) is 83.9 Å². The molecule has 0 unspecified atom stereocenters. The molecule has 3 aromatic carbocycles. The van der Waals surface area contributed by atoms with Crippen LogP contribution in [0.3, 0.4) is 0 Å². The van der Waals surface area contributed by atoms with Crippen molar-refractivity contribution in [2.45, 2.75) is 19.4 Å². The number of carbonyl (C=O) groups is 1. The first-order valence-corrected chi connectivity index (χ1v) is 9.37. The summed E-state index contributed by atoms with van der Waals surface area (Å²) in [6, 6.07) is 22.1. The van der Waals surface area contributed by atoms with Crippen molar-refractivity contribution in [3.63, 3.8) is 0 Å². The lowest BCUT2D eigenvalue weighted by molar-refractivity contribution is -0.149. The number of rotatable bonds is 9. The number of hydrogen-bond acceptors (Lipinski definition) is 3. The van der Waals surface area contributed by atoms with Gasteiger partial charge in [0.2, 0.25) is 0 Å². The Morgan fingerprint density at radius 1 is 1.04 bits per heavy atom. The van der Waals surface area contributed by atoms with Crippen LogP contribution in [-0.2, 0) is 16.0 Å². The largest absolute Gasteiger partial charge is 0.490 e. The lowest BCUT2D eigenvalue weighted by atomic mass is 10.1. The number of carboxylic acid groups (broad SMARTS) is 1. The van der Waals surface area contributed by atoms with Crippen molar-refractivity contribution < 1.29 is 19.4 Å². The van der Waals surface area contributed by atoms with Crippen LogP contribution in [0.5, 0.6) is 5.75 Å². The molecule has 0 radical (unpaired) electrons. The van der Waals surface area contributed by atoms with Crippen molar-refractivity contribution >= 4 is 22.8 Å². The highest BCUT2D eigenvalue weighted by atomic mass is 16.5. The van der Waals surface area contributed by atoms with Crippen LogP contribution in [0.2, 0.25) is 0 Å². The Morgan fingerprint density at radius 3 is 2.50 bits per heavy atom. The second-order valence-electron chi connectivity index (χ2n) is 6.45. The minimum atomic E-state index is -0.944. The molecule has 1 atom stereocenters. The number of fused-ring (bicyclic) bond motifs is 1. The topological polar surface area (TPSA) is 55.8 Å². The first kappa shape index (κ1) is 19.6. The molecule has 3 aromatic rings. The SMILES string of the molecule is CCO[C@@H](Cc1ccc(OC/C=C/c2ccc3ccccc3c2)cc1)C(=O)O. The van der Waals surface area contributed by atoms with Crippen LogP contribution < -0.4 is 4.74 Å². The van der Waals surface area contributed by atoms with E-state index in [0.717, 1.165) is 16.9 Å². The average Bonchev–Trinajstić information content (AvgIpc) is 2.72. The normalized spacial score (nSPS) is 12.3. The standard InChI is InChI=1S/C24H24O4/c1-2-27-23(24(25)26)17-19-10-13-22(14-11-19)28-15-5-6-18-9-12-20-7-3-4-8-21(20)16-18/h3-14,16,23H,2,15,17H2,1H3,(H,25,26)/b6-5+/t23-/m0/s1. The molecule has 28 heavy (non-hydrogen) atoms. The van der Waals surface area contributed by atoms with Crippen LogP contribution >= 0.6 is 0 Å². The Morgan fingerprint density at radius 2 is 1.79 bits per heavy atom. The van der Waals surface area contributed by atoms with Gasteiger partial charge < -0.3 is 14.6 Å². The summed E-state index contributed by atoms with van der Waals surface area (Å²) in [5.41, 5.74) is 2.04. The van der Waals surface area contributed by atoms with E-state index in [-0.39, 0.29) is 0 Å². The minimum Gasteiger partial charge on any atom is -0.490 e. The molecule has 0 aliphatic rings. The third-order valence-corrected chi connectivity index (χ3v) is 4.42. The summed E-state index contributed by atoms with van der Waals surface area (Å²) >= 11 is 0. The van der Waals surface area contributed by atoms with E-state index in [9.17, 15) is 4.79 Å². The Balaban J connectivity index is 1.52. The van der Waals surface area contributed by atoms with Crippen LogP contribution in [0.4, 0.5) is 0 Å². The molecule has 0 bridgehead atoms. The van der Waals surface area contributed by atoms with E-state index < -0.39 is 12.1 Å². The van der Waals surface area contributed by atoms with Gasteiger partial charge in [-0.1, -0.05) is 54.6 Å². The molecule has 0 heterocycles. The number of hydrogen-bond donors (Lipinski definition) is 1. The lowest BCUT2D eigenvalue weighted by Crippen LogP contribution is -2.26. The van der Waals surface area contributed by atoms with E-state index >= 15 is 0 Å².